The van der Waals surface area contributed by atoms with Gasteiger partial charge in [-0.2, -0.15) is 0 Å². The number of ketones is 1. The maximum absolute atomic E-state index is 12.7. The van der Waals surface area contributed by atoms with Crippen molar-refractivity contribution in [1.82, 2.24) is 0 Å². The van der Waals surface area contributed by atoms with Crippen LogP contribution in [0.5, 0.6) is 0 Å². The van der Waals surface area contributed by atoms with Crippen molar-refractivity contribution in [2.24, 2.45) is 46.3 Å². The minimum atomic E-state index is -0.202. The first kappa shape index (κ1) is 34.7. The molecule has 0 N–H and O–H groups in total. The number of hydrogen-bond acceptors (Lipinski definition) is 5. The molecule has 0 radical (unpaired) electrons. The lowest BCUT2D eigenvalue weighted by molar-refractivity contribution is -0.152. The summed E-state index contributed by atoms with van der Waals surface area (Å²) in [5, 5.41) is 0. The van der Waals surface area contributed by atoms with Gasteiger partial charge in [0.1, 0.15) is 11.9 Å². The number of hydrogen-bond donors (Lipinski definition) is 0. The Morgan fingerprint density at radius 1 is 0.884 bits per heavy atom. The van der Waals surface area contributed by atoms with Crippen LogP contribution in [0.3, 0.4) is 0 Å². The zero-order valence-corrected chi connectivity index (χ0v) is 28.6. The topological polar surface area (TPSA) is 61.8 Å². The van der Waals surface area contributed by atoms with Crippen molar-refractivity contribution in [3.63, 3.8) is 0 Å². The third-order valence-corrected chi connectivity index (χ3v) is 12.6. The molecule has 5 nitrogen and oxygen atoms in total. The molecule has 3 saturated carbocycles. The van der Waals surface area contributed by atoms with Gasteiger partial charge in [0.15, 0.2) is 0 Å². The number of allylic oxidation sites excluding steroid dienone is 1. The first-order valence-corrected chi connectivity index (χ1v) is 18.1. The summed E-state index contributed by atoms with van der Waals surface area (Å²) in [7, 11) is 1.66. The summed E-state index contributed by atoms with van der Waals surface area (Å²) >= 11 is 0. The van der Waals surface area contributed by atoms with Crippen molar-refractivity contribution in [2.75, 3.05) is 26.9 Å². The molecule has 0 spiro atoms. The average Bonchev–Trinajstić information content (AvgIpc) is 3.33. The quantitative estimate of drug-likeness (QED) is 0.0946. The minimum Gasteiger partial charge on any atom is -0.462 e. The van der Waals surface area contributed by atoms with Gasteiger partial charge < -0.3 is 14.2 Å². The fourth-order valence-corrected chi connectivity index (χ4v) is 10.1. The van der Waals surface area contributed by atoms with E-state index in [0.717, 1.165) is 67.6 Å². The smallest absolute Gasteiger partial charge is 0.306 e. The molecular formula is C38H64O5. The molecule has 43 heavy (non-hydrogen) atoms. The molecule has 0 amide bonds. The third-order valence-electron chi connectivity index (χ3n) is 12.6. The Balaban J connectivity index is 1.23. The number of rotatable bonds is 17. The second-order valence-electron chi connectivity index (χ2n) is 15.7. The number of fused-ring (bicyclic) bond motifs is 5. The van der Waals surface area contributed by atoms with Crippen molar-refractivity contribution in [3.05, 3.63) is 11.6 Å². The van der Waals surface area contributed by atoms with E-state index in [-0.39, 0.29) is 36.1 Å². The summed E-state index contributed by atoms with van der Waals surface area (Å²) in [5.74, 6) is 4.98. The number of methoxy groups -OCH3 is 1. The summed E-state index contributed by atoms with van der Waals surface area (Å²) in [6, 6.07) is 0. The van der Waals surface area contributed by atoms with Gasteiger partial charge in [-0.15, -0.1) is 0 Å². The average molecular weight is 601 g/mol. The fourth-order valence-electron chi connectivity index (χ4n) is 10.1. The highest BCUT2D eigenvalue weighted by Gasteiger charge is 2.59. The van der Waals surface area contributed by atoms with Crippen LogP contribution in [0, 0.1) is 46.3 Å². The molecule has 0 aliphatic heterocycles. The molecule has 246 valence electrons. The van der Waals surface area contributed by atoms with Crippen LogP contribution in [-0.4, -0.2) is 44.8 Å². The Hall–Kier alpha value is -1.20. The van der Waals surface area contributed by atoms with Crippen LogP contribution >= 0.6 is 0 Å². The van der Waals surface area contributed by atoms with Gasteiger partial charge in [-0.25, -0.2) is 0 Å². The predicted molar refractivity (Wildman–Crippen MR) is 174 cm³/mol. The molecule has 0 saturated heterocycles. The highest BCUT2D eigenvalue weighted by molar-refractivity contribution is 5.82. The predicted octanol–water partition coefficient (Wildman–Crippen LogP) is 9.12. The van der Waals surface area contributed by atoms with Gasteiger partial charge in [0.05, 0.1) is 19.6 Å². The van der Waals surface area contributed by atoms with Gasteiger partial charge in [0.2, 0.25) is 0 Å². The van der Waals surface area contributed by atoms with Crippen LogP contribution in [0.25, 0.3) is 0 Å². The van der Waals surface area contributed by atoms with E-state index in [1.54, 1.807) is 12.7 Å². The fraction of sp³-hybridized carbons (Fsp3) is 0.895. The standard InChI is InChI=1S/C38H64O5/c1-27(2)10-9-11-28(3)33-16-17-34-32-15-13-29-26-31(19-21-37(29,4)35(32)20-22-38(33,34)5)43-36(40)18-14-30(39)12-7-8-23-42-25-24-41-6/h13,27-28,31-35H,7-12,14-26H2,1-6H3/t28?,31?,32-,33+,34-,35-,37-,38+/m0/s1. The normalized spacial score (nSPS) is 34.2. The largest absolute Gasteiger partial charge is 0.462 e. The SMILES string of the molecule is COCCOCCCCC(=O)CCC(=O)OC1CC[C@@]2(C)C(=CC[C@H]3[C@@H]4CC[C@H](C(C)CCCC(C)C)[C@@]4(C)CC[C@@H]32)C1. The molecule has 4 aliphatic carbocycles. The van der Waals surface area contributed by atoms with E-state index in [4.69, 9.17) is 14.2 Å². The van der Waals surface area contributed by atoms with Gasteiger partial charge in [-0.3, -0.25) is 9.59 Å². The molecular weight excluding hydrogens is 536 g/mol. The maximum Gasteiger partial charge on any atom is 0.306 e. The van der Waals surface area contributed by atoms with Gasteiger partial charge >= 0.3 is 5.97 Å². The summed E-state index contributed by atoms with van der Waals surface area (Å²) in [5.41, 5.74) is 2.33. The molecule has 0 heterocycles. The monoisotopic (exact) mass is 600 g/mol. The number of esters is 1. The maximum atomic E-state index is 12.7. The summed E-state index contributed by atoms with van der Waals surface area (Å²) < 4.78 is 16.4. The van der Waals surface area contributed by atoms with E-state index in [0.29, 0.717) is 31.7 Å². The lowest BCUT2D eigenvalue weighted by Crippen LogP contribution is -2.51. The number of Topliss-reactive ketones (excluding diaryl/α,β-unsaturated/α-hetero) is 1. The zero-order chi connectivity index (χ0) is 31.0. The summed E-state index contributed by atoms with van der Waals surface area (Å²) in [6.45, 7) is 14.3. The molecule has 2 unspecified atom stereocenters. The first-order valence-electron chi connectivity index (χ1n) is 18.1. The lowest BCUT2D eigenvalue weighted by Gasteiger charge is -2.58. The van der Waals surface area contributed by atoms with Crippen molar-refractivity contribution in [3.8, 4) is 0 Å². The molecule has 4 aliphatic rings. The first-order chi connectivity index (χ1) is 20.6. The second-order valence-corrected chi connectivity index (χ2v) is 15.7. The Morgan fingerprint density at radius 3 is 2.47 bits per heavy atom. The van der Waals surface area contributed by atoms with E-state index in [2.05, 4.69) is 40.7 Å². The van der Waals surface area contributed by atoms with Crippen molar-refractivity contribution < 1.29 is 23.8 Å². The van der Waals surface area contributed by atoms with E-state index in [1.165, 1.54) is 51.4 Å². The molecule has 0 bridgehead atoms. The Labute approximate surface area is 263 Å². The van der Waals surface area contributed by atoms with E-state index in [9.17, 15) is 9.59 Å². The number of carbonyl (C=O) groups is 2. The molecule has 4 rings (SSSR count). The number of carbonyl (C=O) groups excluding carboxylic acids is 2. The van der Waals surface area contributed by atoms with E-state index >= 15 is 0 Å². The summed E-state index contributed by atoms with van der Waals surface area (Å²) in [4.78, 5) is 25.0. The van der Waals surface area contributed by atoms with Gasteiger partial charge in [-0.1, -0.05) is 65.5 Å². The molecule has 0 aromatic rings. The minimum absolute atomic E-state index is 0.0286. The Bertz CT molecular complexity index is 941. The van der Waals surface area contributed by atoms with Gasteiger partial charge in [-0.05, 0) is 104 Å². The van der Waals surface area contributed by atoms with Crippen molar-refractivity contribution in [2.45, 2.75) is 143 Å². The van der Waals surface area contributed by atoms with Crippen LogP contribution in [0.15, 0.2) is 11.6 Å². The lowest BCUT2D eigenvalue weighted by atomic mass is 9.47. The second kappa shape index (κ2) is 15.9. The van der Waals surface area contributed by atoms with Crippen LogP contribution in [0.4, 0.5) is 0 Å². The van der Waals surface area contributed by atoms with Gasteiger partial charge in [0.25, 0.3) is 0 Å². The van der Waals surface area contributed by atoms with Crippen molar-refractivity contribution in [1.29, 1.82) is 0 Å². The van der Waals surface area contributed by atoms with Crippen LogP contribution in [0.2, 0.25) is 0 Å². The Kier molecular flexibility index (Phi) is 12.8. The molecule has 5 heteroatoms. The zero-order valence-electron chi connectivity index (χ0n) is 28.6. The highest BCUT2D eigenvalue weighted by Crippen LogP contribution is 2.67. The van der Waals surface area contributed by atoms with Crippen molar-refractivity contribution >= 4 is 11.8 Å². The number of ether oxygens (including phenoxy) is 3. The van der Waals surface area contributed by atoms with Crippen LogP contribution < -0.4 is 0 Å². The Morgan fingerprint density at radius 2 is 1.70 bits per heavy atom. The molecule has 8 atom stereocenters. The highest BCUT2D eigenvalue weighted by atomic mass is 16.5. The molecule has 3 fully saturated rings. The third kappa shape index (κ3) is 8.54. The van der Waals surface area contributed by atoms with E-state index < -0.39 is 0 Å². The number of unbranched alkanes of at least 4 members (excludes halogenated alkanes) is 1. The molecule has 0 aromatic carbocycles. The summed E-state index contributed by atoms with van der Waals surface area (Å²) in [6.07, 6.45) is 19.2. The van der Waals surface area contributed by atoms with E-state index in [1.807, 2.05) is 0 Å². The van der Waals surface area contributed by atoms with Crippen LogP contribution in [-0.2, 0) is 23.8 Å². The van der Waals surface area contributed by atoms with Gasteiger partial charge in [0, 0.05) is 33.0 Å². The van der Waals surface area contributed by atoms with Crippen LogP contribution in [0.1, 0.15) is 137 Å². The molecule has 0 aromatic heterocycles.